The highest BCUT2D eigenvalue weighted by atomic mass is 32.2. The quantitative estimate of drug-likeness (QED) is 0.660. The molecule has 0 bridgehead atoms. The molecule has 1 aromatic carbocycles. The zero-order chi connectivity index (χ0) is 16.8. The van der Waals surface area contributed by atoms with E-state index in [-0.39, 0.29) is 6.07 Å². The highest BCUT2D eigenvalue weighted by Crippen LogP contribution is 2.31. The van der Waals surface area contributed by atoms with Crippen LogP contribution in [0.1, 0.15) is 30.1 Å². The van der Waals surface area contributed by atoms with E-state index in [1.165, 1.54) is 6.20 Å². The fraction of sp³-hybridized carbons (Fsp3) is 0.308. The molecule has 0 saturated carbocycles. The number of benzene rings is 1. The minimum Gasteiger partial charge on any atom is -0.281 e. The Balaban J connectivity index is 2.02. The van der Waals surface area contributed by atoms with Crippen LogP contribution in [0.15, 0.2) is 17.2 Å². The molecule has 23 heavy (non-hydrogen) atoms. The van der Waals surface area contributed by atoms with Gasteiger partial charge in [0.25, 0.3) is 0 Å². The summed E-state index contributed by atoms with van der Waals surface area (Å²) >= 11 is 0. The fourth-order valence-corrected chi connectivity index (χ4v) is 4.01. The lowest BCUT2D eigenvalue weighted by atomic mass is 9.94. The molecular weight excluding hydrogens is 338 g/mol. The summed E-state index contributed by atoms with van der Waals surface area (Å²) in [7, 11) is -4.81. The monoisotopic (exact) mass is 349 g/mol. The minimum absolute atomic E-state index is 0.0444. The van der Waals surface area contributed by atoms with Crippen LogP contribution in [0, 0.1) is 23.3 Å². The van der Waals surface area contributed by atoms with Crippen molar-refractivity contribution in [2.24, 2.45) is 0 Å². The van der Waals surface area contributed by atoms with Crippen LogP contribution in [0.4, 0.5) is 17.6 Å². The molecule has 1 aliphatic carbocycles. The lowest BCUT2D eigenvalue weighted by Gasteiger charge is -2.23. The van der Waals surface area contributed by atoms with Crippen molar-refractivity contribution in [1.29, 1.82) is 0 Å². The first kappa shape index (κ1) is 15.9. The van der Waals surface area contributed by atoms with Gasteiger partial charge in [0.2, 0.25) is 10.0 Å². The highest BCUT2D eigenvalue weighted by molar-refractivity contribution is 7.89. The van der Waals surface area contributed by atoms with E-state index < -0.39 is 44.2 Å². The molecule has 0 aliphatic heterocycles. The first-order valence-corrected chi connectivity index (χ1v) is 8.17. The number of hydrogen-bond donors (Lipinski definition) is 2. The average molecular weight is 349 g/mol. The largest absolute Gasteiger partial charge is 0.281 e. The van der Waals surface area contributed by atoms with Gasteiger partial charge in [0.1, 0.15) is 0 Å². The van der Waals surface area contributed by atoms with E-state index in [9.17, 15) is 26.0 Å². The van der Waals surface area contributed by atoms with E-state index in [1.807, 2.05) is 0 Å². The van der Waals surface area contributed by atoms with Gasteiger partial charge >= 0.3 is 0 Å². The van der Waals surface area contributed by atoms with Crippen molar-refractivity contribution < 1.29 is 26.0 Å². The Bertz CT molecular complexity index is 840. The molecule has 0 unspecified atom stereocenters. The first-order valence-electron chi connectivity index (χ1n) is 6.68. The smallest absolute Gasteiger partial charge is 0.247 e. The number of aromatic amines is 1. The van der Waals surface area contributed by atoms with Gasteiger partial charge in [-0.25, -0.2) is 30.7 Å². The van der Waals surface area contributed by atoms with Crippen LogP contribution in [0.5, 0.6) is 0 Å². The molecule has 1 atom stereocenters. The lowest BCUT2D eigenvalue weighted by Crippen LogP contribution is -2.32. The van der Waals surface area contributed by atoms with Crippen molar-refractivity contribution in [2.75, 3.05) is 0 Å². The second-order valence-electron chi connectivity index (χ2n) is 5.17. The number of aryl methyl sites for hydroxylation is 1. The fourth-order valence-electron chi connectivity index (χ4n) is 2.61. The van der Waals surface area contributed by atoms with Gasteiger partial charge in [-0.15, -0.1) is 0 Å². The van der Waals surface area contributed by atoms with Crippen LogP contribution in [0.3, 0.4) is 0 Å². The number of aromatic nitrogens is 2. The van der Waals surface area contributed by atoms with E-state index in [0.29, 0.717) is 25.0 Å². The van der Waals surface area contributed by atoms with Gasteiger partial charge in [-0.05, 0) is 24.8 Å². The Morgan fingerprint density at radius 3 is 2.48 bits per heavy atom. The number of hydrogen-bond acceptors (Lipinski definition) is 3. The van der Waals surface area contributed by atoms with Gasteiger partial charge in [-0.3, -0.25) is 5.10 Å². The molecule has 1 aliphatic rings. The third-order valence-corrected chi connectivity index (χ3v) is 5.17. The van der Waals surface area contributed by atoms with Gasteiger partial charge in [-0.1, -0.05) is 0 Å². The van der Waals surface area contributed by atoms with Crippen LogP contribution >= 0.6 is 0 Å². The molecule has 2 N–H and O–H groups in total. The molecule has 1 heterocycles. The number of halogens is 4. The Labute approximate surface area is 128 Å². The molecule has 5 nitrogen and oxygen atoms in total. The van der Waals surface area contributed by atoms with Gasteiger partial charge in [0.15, 0.2) is 28.2 Å². The van der Waals surface area contributed by atoms with E-state index in [4.69, 9.17) is 0 Å². The second kappa shape index (κ2) is 5.60. The van der Waals surface area contributed by atoms with Gasteiger partial charge in [0.05, 0.1) is 17.9 Å². The molecule has 10 heteroatoms. The van der Waals surface area contributed by atoms with Crippen LogP contribution in [0.2, 0.25) is 0 Å². The first-order chi connectivity index (χ1) is 10.8. The summed E-state index contributed by atoms with van der Waals surface area (Å²) in [6.07, 6.45) is 3.19. The van der Waals surface area contributed by atoms with E-state index in [0.717, 1.165) is 5.56 Å². The molecule has 0 saturated heterocycles. The Kier molecular flexibility index (Phi) is 3.88. The molecule has 0 spiro atoms. The lowest BCUT2D eigenvalue weighted by molar-refractivity contribution is 0.415. The third-order valence-electron chi connectivity index (χ3n) is 3.68. The summed E-state index contributed by atoms with van der Waals surface area (Å²) in [6, 6.07) is -0.853. The van der Waals surface area contributed by atoms with Crippen molar-refractivity contribution in [3.63, 3.8) is 0 Å². The number of nitrogens with one attached hydrogen (secondary N) is 2. The van der Waals surface area contributed by atoms with Crippen LogP contribution in [0.25, 0.3) is 0 Å². The molecule has 3 rings (SSSR count). The predicted molar refractivity (Wildman–Crippen MR) is 70.9 cm³/mol. The van der Waals surface area contributed by atoms with Crippen molar-refractivity contribution in [1.82, 2.24) is 14.9 Å². The van der Waals surface area contributed by atoms with Crippen molar-refractivity contribution in [3.05, 3.63) is 46.8 Å². The maximum Gasteiger partial charge on any atom is 0.247 e. The highest BCUT2D eigenvalue weighted by Gasteiger charge is 2.33. The zero-order valence-corrected chi connectivity index (χ0v) is 12.4. The van der Waals surface area contributed by atoms with Gasteiger partial charge < -0.3 is 0 Å². The van der Waals surface area contributed by atoms with E-state index in [2.05, 4.69) is 14.9 Å². The molecular formula is C13H11F4N3O2S. The van der Waals surface area contributed by atoms with Crippen molar-refractivity contribution in [3.8, 4) is 0 Å². The zero-order valence-electron chi connectivity index (χ0n) is 11.5. The predicted octanol–water partition coefficient (Wildman–Crippen LogP) is 2.32. The topological polar surface area (TPSA) is 74.8 Å². The number of fused-ring (bicyclic) bond motifs is 1. The Morgan fingerprint density at radius 2 is 1.83 bits per heavy atom. The molecule has 1 aromatic heterocycles. The number of H-pyrrole nitrogens is 1. The van der Waals surface area contributed by atoms with Crippen LogP contribution in [-0.4, -0.2) is 18.6 Å². The SMILES string of the molecule is O=S(=O)(N[C@H]1CCCc2cn[nH]c21)c1c(F)c(F)cc(F)c1F. The van der Waals surface area contributed by atoms with Crippen LogP contribution < -0.4 is 4.72 Å². The summed E-state index contributed by atoms with van der Waals surface area (Å²) in [5.74, 6) is -7.49. The molecule has 0 fully saturated rings. The Hall–Kier alpha value is -1.94. The molecule has 124 valence electrons. The summed E-state index contributed by atoms with van der Waals surface area (Å²) in [6.45, 7) is 0. The third kappa shape index (κ3) is 2.72. The number of rotatable bonds is 3. The normalized spacial score (nSPS) is 18.0. The minimum atomic E-state index is -4.81. The Morgan fingerprint density at radius 1 is 1.17 bits per heavy atom. The van der Waals surface area contributed by atoms with Crippen LogP contribution in [-0.2, 0) is 16.4 Å². The molecule has 2 aromatic rings. The maximum absolute atomic E-state index is 13.7. The summed E-state index contributed by atoms with van der Waals surface area (Å²) in [5.41, 5.74) is 1.24. The number of sulfonamides is 1. The standard InChI is InChI=1S/C13H11F4N3O2S/c14-7-4-8(15)11(17)13(10(7)16)23(21,22)20-9-3-1-2-6-5-18-19-12(6)9/h4-5,9,20H,1-3H2,(H,18,19)/t9-/m0/s1. The molecule has 0 radical (unpaired) electrons. The van der Waals surface area contributed by atoms with Crippen molar-refractivity contribution in [2.45, 2.75) is 30.2 Å². The van der Waals surface area contributed by atoms with Gasteiger partial charge in [0, 0.05) is 6.07 Å². The summed E-state index contributed by atoms with van der Waals surface area (Å²) < 4.78 is 80.4. The number of nitrogens with zero attached hydrogens (tertiary/aromatic N) is 1. The van der Waals surface area contributed by atoms with Crippen molar-refractivity contribution >= 4 is 10.0 Å². The summed E-state index contributed by atoms with van der Waals surface area (Å²) in [4.78, 5) is -1.67. The average Bonchev–Trinajstić information content (AvgIpc) is 2.94. The second-order valence-corrected chi connectivity index (χ2v) is 6.82. The van der Waals surface area contributed by atoms with Gasteiger partial charge in [-0.2, -0.15) is 5.10 Å². The van der Waals surface area contributed by atoms with E-state index in [1.54, 1.807) is 0 Å². The summed E-state index contributed by atoms with van der Waals surface area (Å²) in [5, 5.41) is 6.41. The molecule has 0 amide bonds. The maximum atomic E-state index is 13.7. The van der Waals surface area contributed by atoms with E-state index >= 15 is 0 Å².